The number of unbranched alkanes of at least 4 members (excludes halogenated alkanes) is 1. The number of nitrogens with zero attached hydrogens (tertiary/aromatic N) is 1. The van der Waals surface area contributed by atoms with Crippen molar-refractivity contribution in [2.45, 2.75) is 97.0 Å². The molecule has 7 heteroatoms. The molecule has 2 heterocycles. The molecule has 1 aromatic rings. The minimum Gasteiger partial charge on any atom is -0.504 e. The van der Waals surface area contributed by atoms with Gasteiger partial charge >= 0.3 is 0 Å². The van der Waals surface area contributed by atoms with Gasteiger partial charge in [0, 0.05) is 12.3 Å². The normalized spacial score (nSPS) is 20.1. The zero-order chi connectivity index (χ0) is 27.5. The molecule has 1 unspecified atom stereocenters. The molecular formula is C31H47N2O5+. The van der Waals surface area contributed by atoms with Crippen LogP contribution < -0.4 is 10.1 Å². The Bertz CT molecular complexity index is 944. The molecule has 0 aliphatic carbocycles. The fourth-order valence-electron chi connectivity index (χ4n) is 4.70. The number of aliphatic hydroxyl groups excluding tert-OH is 2. The maximum atomic E-state index is 10.4. The average Bonchev–Trinajstić information content (AvgIpc) is 3.58. The predicted octanol–water partition coefficient (Wildman–Crippen LogP) is 4.57. The van der Waals surface area contributed by atoms with Gasteiger partial charge in [-0.1, -0.05) is 26.3 Å². The number of nitrogens with one attached hydrogen (secondary N) is 1. The van der Waals surface area contributed by atoms with Crippen LogP contribution in [0.2, 0.25) is 0 Å². The largest absolute Gasteiger partial charge is 0.504 e. The molecule has 0 aromatic heterocycles. The van der Waals surface area contributed by atoms with Crippen LogP contribution in [-0.2, 0) is 6.42 Å². The fourth-order valence-corrected chi connectivity index (χ4v) is 4.70. The van der Waals surface area contributed by atoms with Gasteiger partial charge in [0.2, 0.25) is 0 Å². The van der Waals surface area contributed by atoms with Crippen LogP contribution in [0.4, 0.5) is 0 Å². The summed E-state index contributed by atoms with van der Waals surface area (Å²) in [6.07, 6.45) is 14.9. The number of aromatic hydroxyl groups is 1. The number of aliphatic hydroxyl groups is 4. The van der Waals surface area contributed by atoms with Crippen LogP contribution in [0.1, 0.15) is 71.8 Å². The van der Waals surface area contributed by atoms with Crippen molar-refractivity contribution in [3.63, 3.8) is 0 Å². The number of benzene rings is 1. The molecular weight excluding hydrogens is 480 g/mol. The van der Waals surface area contributed by atoms with E-state index in [9.17, 15) is 15.3 Å². The quantitative estimate of drug-likeness (QED) is 0.175. The monoisotopic (exact) mass is 527 g/mol. The van der Waals surface area contributed by atoms with Gasteiger partial charge in [-0.05, 0) is 70.2 Å². The molecule has 2 aliphatic heterocycles. The van der Waals surface area contributed by atoms with Gasteiger partial charge in [-0.15, -0.1) is 17.1 Å². The lowest BCUT2D eigenvalue weighted by Crippen LogP contribution is -2.35. The van der Waals surface area contributed by atoms with E-state index >= 15 is 0 Å². The molecule has 5 atom stereocenters. The van der Waals surface area contributed by atoms with E-state index in [1.165, 1.54) is 12.8 Å². The first-order chi connectivity index (χ1) is 18.3. The summed E-state index contributed by atoms with van der Waals surface area (Å²) >= 11 is 0. The zero-order valence-corrected chi connectivity index (χ0v) is 23.4. The summed E-state index contributed by atoms with van der Waals surface area (Å²) in [5.41, 5.74) is 2.00. The molecule has 0 bridgehead atoms. The van der Waals surface area contributed by atoms with E-state index < -0.39 is 12.2 Å². The Kier molecular flexibility index (Phi) is 12.1. The molecule has 0 spiro atoms. The molecule has 0 saturated carbocycles. The Morgan fingerprint density at radius 3 is 2.76 bits per heavy atom. The molecule has 0 radical (unpaired) electrons. The smallest absolute Gasteiger partial charge is 0.196 e. The van der Waals surface area contributed by atoms with Gasteiger partial charge in [0.15, 0.2) is 23.2 Å². The number of hydrogen-bond donors (Lipinski definition) is 4. The highest BCUT2D eigenvalue weighted by Gasteiger charge is 2.33. The van der Waals surface area contributed by atoms with E-state index in [0.29, 0.717) is 24.9 Å². The average molecular weight is 528 g/mol. The van der Waals surface area contributed by atoms with Gasteiger partial charge < -0.3 is 24.8 Å². The highest BCUT2D eigenvalue weighted by atomic mass is 16.5. The number of phenolic OH excluding ortho intramolecular Hbond substituents is 1. The maximum absolute atomic E-state index is 10.4. The van der Waals surface area contributed by atoms with Gasteiger partial charge in [0.05, 0.1) is 18.3 Å². The summed E-state index contributed by atoms with van der Waals surface area (Å²) in [4.78, 5) is 4.63. The summed E-state index contributed by atoms with van der Waals surface area (Å²) < 4.78 is 10.9. The minimum atomic E-state index is -0.725. The Labute approximate surface area is 228 Å². The lowest BCUT2D eigenvalue weighted by Gasteiger charge is -2.18. The van der Waals surface area contributed by atoms with Crippen LogP contribution >= 0.6 is 0 Å². The lowest BCUT2D eigenvalue weighted by molar-refractivity contribution is -0.0480. The number of allylic oxidation sites excluding steroid dienone is 1. The molecule has 0 fully saturated rings. The maximum Gasteiger partial charge on any atom is 0.196 e. The first-order valence-corrected chi connectivity index (χ1v) is 14.2. The summed E-state index contributed by atoms with van der Waals surface area (Å²) in [6.45, 7) is 9.06. The number of likely N-dealkylation sites (N-methyl/N-ethyl adjacent to an activating group) is 1. The van der Waals surface area contributed by atoms with Crippen molar-refractivity contribution in [2.24, 2.45) is 10.9 Å². The van der Waals surface area contributed by atoms with Crippen LogP contribution in [0, 0.1) is 17.9 Å². The molecule has 0 amide bonds. The summed E-state index contributed by atoms with van der Waals surface area (Å²) in [6, 6.07) is 5.44. The summed E-state index contributed by atoms with van der Waals surface area (Å²) in [5.74, 6) is 1.92. The number of phenols is 1. The van der Waals surface area contributed by atoms with E-state index in [-0.39, 0.29) is 17.7 Å². The summed E-state index contributed by atoms with van der Waals surface area (Å²) in [7, 11) is 0. The third-order valence-electron chi connectivity index (χ3n) is 7.30. The van der Waals surface area contributed by atoms with Crippen LogP contribution in [0.15, 0.2) is 47.1 Å². The first kappa shape index (κ1) is 30.1. The van der Waals surface area contributed by atoms with Crippen molar-refractivity contribution >= 4 is 6.21 Å². The Morgan fingerprint density at radius 1 is 1.21 bits per heavy atom. The van der Waals surface area contributed by atoms with Crippen molar-refractivity contribution in [2.75, 3.05) is 13.2 Å². The minimum absolute atomic E-state index is 0.120. The number of aryl methyl sites for hydroxylation is 1. The first-order valence-electron chi connectivity index (χ1n) is 14.2. The number of ether oxygens (including phenoxy) is 2. The van der Waals surface area contributed by atoms with Crippen molar-refractivity contribution in [1.29, 1.82) is 0 Å². The Hall–Kier alpha value is -2.45. The van der Waals surface area contributed by atoms with E-state index in [2.05, 4.69) is 42.4 Å². The molecule has 0 saturated heterocycles. The molecule has 5 N–H and O–H groups in total. The lowest BCUT2D eigenvalue weighted by atomic mass is 9.89. The third kappa shape index (κ3) is 9.09. The third-order valence-corrected chi connectivity index (χ3v) is 7.30. The van der Waals surface area contributed by atoms with Gasteiger partial charge in [-0.2, -0.15) is 0 Å². The van der Waals surface area contributed by atoms with Gasteiger partial charge in [0.1, 0.15) is 30.9 Å². The number of aliphatic imine (C=N–C) groups is 1. The van der Waals surface area contributed by atoms with E-state index in [1.54, 1.807) is 13.0 Å². The number of hydrogen-bond acceptors (Lipinski definition) is 6. The van der Waals surface area contributed by atoms with Crippen molar-refractivity contribution in [3.8, 4) is 11.5 Å². The zero-order valence-electron chi connectivity index (χ0n) is 23.4. The molecule has 7 nitrogen and oxygen atoms in total. The Morgan fingerprint density at radius 2 is 2.03 bits per heavy atom. The highest BCUT2D eigenvalue weighted by molar-refractivity contribution is 5.83. The van der Waals surface area contributed by atoms with Crippen LogP contribution in [-0.4, -0.2) is 63.8 Å². The highest BCUT2D eigenvalue weighted by Crippen LogP contribution is 2.31. The topological polar surface area (TPSA) is 107 Å². The van der Waals surface area contributed by atoms with Gasteiger partial charge in [-0.25, -0.2) is 0 Å². The fraction of sp³-hybridized carbons (Fsp3) is 0.581. The van der Waals surface area contributed by atoms with E-state index in [0.717, 1.165) is 55.5 Å². The van der Waals surface area contributed by atoms with Crippen LogP contribution in [0.5, 0.6) is 11.5 Å². The Balaban J connectivity index is 1.53. The van der Waals surface area contributed by atoms with E-state index in [1.807, 2.05) is 25.3 Å². The standard InChI is InChI=1S/C31H46N2O5/c1-5-7-8-25-13-14-26(38-25)12-10-23-11-16-30(36)31(17-23)37-20-28(32-6-2)27-18-24(19-33-27)21(3)9-15-29(35)22(4)34/h11,13-14,16-19,21-22,25,28-29,32,34-35,38H,5-10,12,15,20H2,1-4H3/p+1/t21-,22+,25?,28+,29+/m1/s1. The van der Waals surface area contributed by atoms with Crippen molar-refractivity contribution in [1.82, 2.24) is 5.32 Å². The second-order valence-electron chi connectivity index (χ2n) is 10.5. The van der Waals surface area contributed by atoms with E-state index in [4.69, 9.17) is 9.47 Å². The van der Waals surface area contributed by atoms with Crippen LogP contribution in [0.3, 0.4) is 0 Å². The predicted molar refractivity (Wildman–Crippen MR) is 153 cm³/mol. The van der Waals surface area contributed by atoms with Crippen molar-refractivity contribution < 1.29 is 24.8 Å². The molecule has 38 heavy (non-hydrogen) atoms. The van der Waals surface area contributed by atoms with Crippen molar-refractivity contribution in [3.05, 3.63) is 59.7 Å². The number of rotatable bonds is 17. The second-order valence-corrected chi connectivity index (χ2v) is 10.5. The second kappa shape index (κ2) is 15.2. The molecule has 1 aromatic carbocycles. The molecule has 3 rings (SSSR count). The summed E-state index contributed by atoms with van der Waals surface area (Å²) in [5, 5.41) is 33.3. The van der Waals surface area contributed by atoms with Gasteiger partial charge in [-0.3, -0.25) is 5.32 Å². The van der Waals surface area contributed by atoms with Crippen LogP contribution in [0.25, 0.3) is 0 Å². The molecule has 210 valence electrons. The molecule has 2 aliphatic rings. The SMILES string of the molecule is CCCCC1C=C[C-](CCc2ccc(O)c(OC[C@H](NCC)C3=C[C+]([C@H](C)CC[C@H](O)[C@H](C)O)C=N3)c2)[OH+]1. The van der Waals surface area contributed by atoms with Gasteiger partial charge in [0.25, 0.3) is 0 Å².